The van der Waals surface area contributed by atoms with Gasteiger partial charge in [-0.05, 0) is 59.5 Å². The lowest BCUT2D eigenvalue weighted by Gasteiger charge is -2.00. The summed E-state index contributed by atoms with van der Waals surface area (Å²) >= 11 is 6.09. The van der Waals surface area contributed by atoms with Crippen LogP contribution in [0.1, 0.15) is 5.56 Å². The predicted molar refractivity (Wildman–Crippen MR) is 71.1 cm³/mol. The van der Waals surface area contributed by atoms with Crippen LogP contribution >= 0.6 is 45.7 Å². The highest BCUT2D eigenvalue weighted by Crippen LogP contribution is 2.34. The van der Waals surface area contributed by atoms with Crippen molar-refractivity contribution >= 4 is 55.8 Å². The number of aryl methyl sites for hydroxylation is 1. The standard InChI is InChI=1S/C10H9IS2/c1-6-3-8(12-2)7-5-10(11)13-9(7)4-6/h3-5H,1-2H3. The Morgan fingerprint density at radius 1 is 1.31 bits per heavy atom. The molecule has 0 bridgehead atoms. The van der Waals surface area contributed by atoms with E-state index < -0.39 is 0 Å². The topological polar surface area (TPSA) is 0 Å². The molecular weight excluding hydrogens is 311 g/mol. The van der Waals surface area contributed by atoms with Crippen LogP contribution in [0.2, 0.25) is 0 Å². The average molecular weight is 320 g/mol. The first kappa shape index (κ1) is 9.80. The van der Waals surface area contributed by atoms with Gasteiger partial charge in [-0.1, -0.05) is 0 Å². The highest BCUT2D eigenvalue weighted by Gasteiger charge is 2.04. The van der Waals surface area contributed by atoms with Crippen LogP contribution in [0.5, 0.6) is 0 Å². The number of thioether (sulfide) groups is 1. The van der Waals surface area contributed by atoms with E-state index in [0.717, 1.165) is 0 Å². The van der Waals surface area contributed by atoms with Gasteiger partial charge in [0, 0.05) is 15.0 Å². The maximum absolute atomic E-state index is 2.39. The molecule has 68 valence electrons. The zero-order chi connectivity index (χ0) is 9.42. The van der Waals surface area contributed by atoms with Gasteiger partial charge in [-0.2, -0.15) is 0 Å². The molecule has 0 saturated carbocycles. The molecule has 0 saturated heterocycles. The fourth-order valence-corrected chi connectivity index (χ4v) is 4.07. The molecule has 0 unspecified atom stereocenters. The molecule has 0 fully saturated rings. The molecule has 0 atom stereocenters. The number of fused-ring (bicyclic) bond motifs is 1. The Kier molecular flexibility index (Phi) is 2.86. The van der Waals surface area contributed by atoms with Crippen molar-refractivity contribution in [2.24, 2.45) is 0 Å². The maximum Gasteiger partial charge on any atom is 0.0666 e. The molecule has 1 aromatic heterocycles. The third kappa shape index (κ3) is 1.87. The Hall–Kier alpha value is 0.260. The molecule has 1 heterocycles. The van der Waals surface area contributed by atoms with Crippen LogP contribution < -0.4 is 0 Å². The Morgan fingerprint density at radius 3 is 2.77 bits per heavy atom. The van der Waals surface area contributed by atoms with Crippen molar-refractivity contribution in [2.75, 3.05) is 6.26 Å². The molecule has 3 heteroatoms. The van der Waals surface area contributed by atoms with Gasteiger partial charge >= 0.3 is 0 Å². The minimum Gasteiger partial charge on any atom is -0.129 e. The van der Waals surface area contributed by atoms with Crippen molar-refractivity contribution in [3.05, 3.63) is 26.6 Å². The molecule has 0 amide bonds. The van der Waals surface area contributed by atoms with E-state index in [-0.39, 0.29) is 0 Å². The molecule has 2 aromatic rings. The lowest BCUT2D eigenvalue weighted by Crippen LogP contribution is -1.75. The molecule has 2 rings (SSSR count). The number of halogens is 1. The molecular formula is C10H9IS2. The van der Waals surface area contributed by atoms with Crippen molar-refractivity contribution in [2.45, 2.75) is 11.8 Å². The number of hydrogen-bond donors (Lipinski definition) is 0. The van der Waals surface area contributed by atoms with Crippen molar-refractivity contribution in [1.82, 2.24) is 0 Å². The van der Waals surface area contributed by atoms with E-state index >= 15 is 0 Å². The summed E-state index contributed by atoms with van der Waals surface area (Å²) in [4.78, 5) is 1.40. The van der Waals surface area contributed by atoms with Crippen molar-refractivity contribution in [3.63, 3.8) is 0 Å². The van der Waals surface area contributed by atoms with Gasteiger partial charge in [0.1, 0.15) is 0 Å². The zero-order valence-electron chi connectivity index (χ0n) is 7.43. The Balaban J connectivity index is 2.80. The summed E-state index contributed by atoms with van der Waals surface area (Å²) in [6.07, 6.45) is 2.14. The predicted octanol–water partition coefficient (Wildman–Crippen LogP) is 4.54. The van der Waals surface area contributed by atoms with E-state index in [1.165, 1.54) is 23.4 Å². The minimum atomic E-state index is 1.36. The van der Waals surface area contributed by atoms with Crippen LogP contribution in [0.15, 0.2) is 23.1 Å². The van der Waals surface area contributed by atoms with E-state index in [1.54, 1.807) is 0 Å². The van der Waals surface area contributed by atoms with Crippen LogP contribution in [0, 0.1) is 9.81 Å². The van der Waals surface area contributed by atoms with Crippen molar-refractivity contribution in [3.8, 4) is 0 Å². The first-order chi connectivity index (χ1) is 6.20. The fraction of sp³-hybridized carbons (Fsp3) is 0.200. The van der Waals surface area contributed by atoms with Crippen molar-refractivity contribution in [1.29, 1.82) is 0 Å². The molecule has 0 radical (unpaired) electrons. The lowest BCUT2D eigenvalue weighted by molar-refractivity contribution is 1.43. The summed E-state index contributed by atoms with van der Waals surface area (Å²) < 4.78 is 2.78. The maximum atomic E-state index is 2.39. The highest BCUT2D eigenvalue weighted by atomic mass is 127. The van der Waals surface area contributed by atoms with Gasteiger partial charge in [-0.25, -0.2) is 0 Å². The van der Waals surface area contributed by atoms with Gasteiger partial charge in [-0.3, -0.25) is 0 Å². The Bertz CT molecular complexity index is 445. The third-order valence-corrected chi connectivity index (χ3v) is 4.55. The molecule has 0 nitrogen and oxygen atoms in total. The van der Waals surface area contributed by atoms with Crippen molar-refractivity contribution < 1.29 is 0 Å². The normalized spacial score (nSPS) is 11.0. The second kappa shape index (κ2) is 3.79. The first-order valence-corrected chi connectivity index (χ1v) is 7.06. The second-order valence-electron chi connectivity index (χ2n) is 2.93. The molecule has 0 spiro atoms. The molecule has 0 N–H and O–H groups in total. The van der Waals surface area contributed by atoms with Crippen LogP contribution in [-0.2, 0) is 0 Å². The van der Waals surface area contributed by atoms with Gasteiger partial charge < -0.3 is 0 Å². The van der Waals surface area contributed by atoms with Crippen LogP contribution in [0.25, 0.3) is 10.1 Å². The molecule has 0 aliphatic heterocycles. The van der Waals surface area contributed by atoms with Crippen LogP contribution in [0.3, 0.4) is 0 Å². The van der Waals surface area contributed by atoms with E-state index in [9.17, 15) is 0 Å². The summed E-state index contributed by atoms with van der Waals surface area (Å²) in [6, 6.07) is 6.80. The third-order valence-electron chi connectivity index (χ3n) is 1.93. The molecule has 1 aromatic carbocycles. The fourth-order valence-electron chi connectivity index (χ4n) is 1.38. The summed E-state index contributed by atoms with van der Waals surface area (Å²) in [7, 11) is 0. The van der Waals surface area contributed by atoms with Crippen LogP contribution in [-0.4, -0.2) is 6.26 Å². The zero-order valence-corrected chi connectivity index (χ0v) is 11.2. The average Bonchev–Trinajstić information content (AvgIpc) is 2.43. The minimum absolute atomic E-state index is 1.36. The lowest BCUT2D eigenvalue weighted by atomic mass is 10.2. The monoisotopic (exact) mass is 320 g/mol. The number of benzene rings is 1. The van der Waals surface area contributed by atoms with Gasteiger partial charge in [0.05, 0.1) is 2.88 Å². The summed E-state index contributed by atoms with van der Waals surface area (Å²) in [6.45, 7) is 2.16. The quantitative estimate of drug-likeness (QED) is 0.549. The van der Waals surface area contributed by atoms with E-state index in [4.69, 9.17) is 0 Å². The van der Waals surface area contributed by atoms with Gasteiger partial charge in [-0.15, -0.1) is 23.1 Å². The van der Waals surface area contributed by atoms with E-state index in [2.05, 4.69) is 54.0 Å². The number of thiophene rings is 1. The number of rotatable bonds is 1. The van der Waals surface area contributed by atoms with E-state index in [0.29, 0.717) is 0 Å². The Morgan fingerprint density at radius 2 is 2.08 bits per heavy atom. The molecule has 13 heavy (non-hydrogen) atoms. The molecule has 0 aliphatic rings. The van der Waals surface area contributed by atoms with Gasteiger partial charge in [0.25, 0.3) is 0 Å². The smallest absolute Gasteiger partial charge is 0.0666 e. The second-order valence-corrected chi connectivity index (χ2v) is 6.76. The number of hydrogen-bond acceptors (Lipinski definition) is 2. The highest BCUT2D eigenvalue weighted by molar-refractivity contribution is 14.1. The first-order valence-electron chi connectivity index (χ1n) is 3.94. The molecule has 0 aliphatic carbocycles. The van der Waals surface area contributed by atoms with Gasteiger partial charge in [0.15, 0.2) is 0 Å². The van der Waals surface area contributed by atoms with Gasteiger partial charge in [0.2, 0.25) is 0 Å². The summed E-state index contributed by atoms with van der Waals surface area (Å²) in [5, 5.41) is 1.41. The Labute approximate surface area is 99.9 Å². The van der Waals surface area contributed by atoms with Crippen LogP contribution in [0.4, 0.5) is 0 Å². The SMILES string of the molecule is CSc1cc(C)cc2sc(I)cc12. The summed E-state index contributed by atoms with van der Waals surface area (Å²) in [5.74, 6) is 0. The largest absolute Gasteiger partial charge is 0.129 e. The van der Waals surface area contributed by atoms with E-state index in [1.807, 2.05) is 23.1 Å². The summed E-state index contributed by atoms with van der Waals surface area (Å²) in [5.41, 5.74) is 1.36.